The molecule has 1 heterocycles. The molecule has 2 N–H and O–H groups in total. The fourth-order valence-corrected chi connectivity index (χ4v) is 2.14. The van der Waals surface area contributed by atoms with Crippen LogP contribution < -0.4 is 10.6 Å². The second-order valence-electron chi connectivity index (χ2n) is 5.88. The average molecular weight is 315 g/mol. The first-order valence-corrected chi connectivity index (χ1v) is 7.77. The van der Waals surface area contributed by atoms with Crippen molar-refractivity contribution in [3.05, 3.63) is 54.0 Å². The van der Waals surface area contributed by atoms with Gasteiger partial charge in [-0.1, -0.05) is 26.0 Å². The summed E-state index contributed by atoms with van der Waals surface area (Å²) in [6.45, 7) is 4.72. The predicted octanol–water partition coefficient (Wildman–Crippen LogP) is 3.86. The third kappa shape index (κ3) is 6.06. The van der Waals surface area contributed by atoms with Crippen LogP contribution in [0.25, 0.3) is 0 Å². The topological polar surface area (TPSA) is 54.0 Å². The second kappa shape index (κ2) is 8.27. The summed E-state index contributed by atoms with van der Waals surface area (Å²) in [5.41, 5.74) is 1.76. The minimum absolute atomic E-state index is 0.00109. The Bertz CT molecular complexity index is 624. The molecule has 0 unspecified atom stereocenters. The number of carbonyl (C=O) groups is 1. The summed E-state index contributed by atoms with van der Waals surface area (Å²) in [7, 11) is 0. The highest BCUT2D eigenvalue weighted by Gasteiger charge is 2.05. The number of aromatic nitrogens is 1. The van der Waals surface area contributed by atoms with Crippen LogP contribution in [0.3, 0.4) is 0 Å². The lowest BCUT2D eigenvalue weighted by Crippen LogP contribution is -2.14. The number of halogens is 1. The van der Waals surface area contributed by atoms with E-state index in [0.29, 0.717) is 24.6 Å². The van der Waals surface area contributed by atoms with Crippen molar-refractivity contribution in [2.75, 3.05) is 17.2 Å². The number of benzene rings is 1. The van der Waals surface area contributed by atoms with E-state index in [1.165, 1.54) is 12.1 Å². The number of nitrogens with one attached hydrogen (secondary N) is 2. The van der Waals surface area contributed by atoms with Crippen LogP contribution in [0.2, 0.25) is 0 Å². The Balaban J connectivity index is 1.78. The maximum Gasteiger partial charge on any atom is 0.224 e. The van der Waals surface area contributed by atoms with Crippen LogP contribution in [0.4, 0.5) is 15.9 Å². The third-order valence-corrected chi connectivity index (χ3v) is 3.27. The first kappa shape index (κ1) is 16.9. The zero-order valence-corrected chi connectivity index (χ0v) is 13.5. The summed E-state index contributed by atoms with van der Waals surface area (Å²) in [6.07, 6.45) is 2.92. The summed E-state index contributed by atoms with van der Waals surface area (Å²) in [5, 5.41) is 6.03. The van der Waals surface area contributed by atoms with Gasteiger partial charge in [-0.2, -0.15) is 0 Å². The van der Waals surface area contributed by atoms with E-state index in [2.05, 4.69) is 15.6 Å². The van der Waals surface area contributed by atoms with Gasteiger partial charge in [-0.25, -0.2) is 9.37 Å². The van der Waals surface area contributed by atoms with E-state index in [1.807, 2.05) is 26.0 Å². The van der Waals surface area contributed by atoms with Gasteiger partial charge in [0.25, 0.3) is 0 Å². The SMILES string of the molecule is CC(C)CC(=O)Nc1ccc(NCCc2ccc(F)cc2)nc1. The number of rotatable bonds is 7. The van der Waals surface area contributed by atoms with Gasteiger partial charge in [0.1, 0.15) is 11.6 Å². The van der Waals surface area contributed by atoms with E-state index >= 15 is 0 Å². The molecule has 0 saturated carbocycles. The summed E-state index contributed by atoms with van der Waals surface area (Å²) in [6, 6.07) is 10.1. The third-order valence-electron chi connectivity index (χ3n) is 3.27. The molecular formula is C18H22FN3O. The van der Waals surface area contributed by atoms with Crippen molar-refractivity contribution >= 4 is 17.4 Å². The van der Waals surface area contributed by atoms with Crippen LogP contribution in [0, 0.1) is 11.7 Å². The van der Waals surface area contributed by atoms with Crippen LogP contribution in [0.1, 0.15) is 25.8 Å². The molecule has 0 atom stereocenters. The van der Waals surface area contributed by atoms with Gasteiger partial charge in [-0.15, -0.1) is 0 Å². The highest BCUT2D eigenvalue weighted by Crippen LogP contribution is 2.11. The maximum atomic E-state index is 12.8. The second-order valence-corrected chi connectivity index (χ2v) is 5.88. The van der Waals surface area contributed by atoms with Gasteiger partial charge in [0.2, 0.25) is 5.91 Å². The molecular weight excluding hydrogens is 293 g/mol. The van der Waals surface area contributed by atoms with Gasteiger partial charge in [0, 0.05) is 13.0 Å². The van der Waals surface area contributed by atoms with Gasteiger partial charge in [-0.05, 0) is 42.2 Å². The molecule has 0 aliphatic rings. The molecule has 23 heavy (non-hydrogen) atoms. The van der Waals surface area contributed by atoms with E-state index in [9.17, 15) is 9.18 Å². The first-order chi connectivity index (χ1) is 11.0. The lowest BCUT2D eigenvalue weighted by atomic mass is 10.1. The monoisotopic (exact) mass is 315 g/mol. The van der Waals surface area contributed by atoms with Crippen molar-refractivity contribution in [2.45, 2.75) is 26.7 Å². The Morgan fingerprint density at radius 1 is 1.17 bits per heavy atom. The largest absolute Gasteiger partial charge is 0.370 e. The zero-order valence-electron chi connectivity index (χ0n) is 13.5. The number of anilines is 2. The number of nitrogens with zero attached hydrogens (tertiary/aromatic N) is 1. The Hall–Kier alpha value is -2.43. The molecule has 5 heteroatoms. The van der Waals surface area contributed by atoms with Crippen molar-refractivity contribution in [2.24, 2.45) is 5.92 Å². The zero-order chi connectivity index (χ0) is 16.7. The van der Waals surface area contributed by atoms with E-state index in [4.69, 9.17) is 0 Å². The highest BCUT2D eigenvalue weighted by molar-refractivity contribution is 5.90. The van der Waals surface area contributed by atoms with Crippen LogP contribution in [0.5, 0.6) is 0 Å². The summed E-state index contributed by atoms with van der Waals surface area (Å²) in [4.78, 5) is 15.9. The molecule has 0 aliphatic heterocycles. The molecule has 0 spiro atoms. The van der Waals surface area contributed by atoms with Crippen molar-refractivity contribution < 1.29 is 9.18 Å². The van der Waals surface area contributed by atoms with Gasteiger partial charge in [-0.3, -0.25) is 4.79 Å². The molecule has 1 aromatic carbocycles. The molecule has 2 aromatic rings. The van der Waals surface area contributed by atoms with E-state index in [-0.39, 0.29) is 11.7 Å². The first-order valence-electron chi connectivity index (χ1n) is 7.77. The summed E-state index contributed by atoms with van der Waals surface area (Å²) >= 11 is 0. The number of hydrogen-bond acceptors (Lipinski definition) is 3. The quantitative estimate of drug-likeness (QED) is 0.816. The number of amides is 1. The molecule has 1 amide bonds. The van der Waals surface area contributed by atoms with E-state index < -0.39 is 0 Å². The summed E-state index contributed by atoms with van der Waals surface area (Å²) < 4.78 is 12.8. The van der Waals surface area contributed by atoms with Crippen LogP contribution in [0.15, 0.2) is 42.6 Å². The normalized spacial score (nSPS) is 10.6. The number of pyridine rings is 1. The minimum atomic E-state index is -0.224. The van der Waals surface area contributed by atoms with Gasteiger partial charge in [0.15, 0.2) is 0 Å². The Labute approximate surface area is 136 Å². The molecule has 0 saturated heterocycles. The van der Waals surface area contributed by atoms with Crippen LogP contribution in [-0.2, 0) is 11.2 Å². The molecule has 0 aliphatic carbocycles. The Kier molecular flexibility index (Phi) is 6.09. The Morgan fingerprint density at radius 2 is 1.91 bits per heavy atom. The molecule has 1 aromatic heterocycles. The molecule has 2 rings (SSSR count). The highest BCUT2D eigenvalue weighted by atomic mass is 19.1. The fourth-order valence-electron chi connectivity index (χ4n) is 2.14. The summed E-state index contributed by atoms with van der Waals surface area (Å²) in [5.74, 6) is 0.849. The lowest BCUT2D eigenvalue weighted by molar-refractivity contribution is -0.116. The molecule has 4 nitrogen and oxygen atoms in total. The van der Waals surface area contributed by atoms with Crippen LogP contribution in [-0.4, -0.2) is 17.4 Å². The van der Waals surface area contributed by atoms with Crippen molar-refractivity contribution in [3.8, 4) is 0 Å². The Morgan fingerprint density at radius 3 is 2.52 bits per heavy atom. The smallest absolute Gasteiger partial charge is 0.224 e. The molecule has 0 radical (unpaired) electrons. The van der Waals surface area contributed by atoms with E-state index in [1.54, 1.807) is 18.3 Å². The average Bonchev–Trinajstić information content (AvgIpc) is 2.50. The number of carbonyl (C=O) groups excluding carboxylic acids is 1. The van der Waals surface area contributed by atoms with Crippen LogP contribution >= 0.6 is 0 Å². The van der Waals surface area contributed by atoms with Gasteiger partial charge < -0.3 is 10.6 Å². The fraction of sp³-hybridized carbons (Fsp3) is 0.333. The lowest BCUT2D eigenvalue weighted by Gasteiger charge is -2.09. The predicted molar refractivity (Wildman–Crippen MR) is 90.9 cm³/mol. The van der Waals surface area contributed by atoms with Gasteiger partial charge in [0.05, 0.1) is 11.9 Å². The number of hydrogen-bond donors (Lipinski definition) is 2. The molecule has 0 fully saturated rings. The maximum absolute atomic E-state index is 12.8. The standard InChI is InChI=1S/C18H22FN3O/c1-13(2)11-18(23)22-16-7-8-17(21-12-16)20-10-9-14-3-5-15(19)6-4-14/h3-8,12-13H,9-11H2,1-2H3,(H,20,21)(H,22,23). The van der Waals surface area contributed by atoms with Crippen molar-refractivity contribution in [1.29, 1.82) is 0 Å². The minimum Gasteiger partial charge on any atom is -0.370 e. The van der Waals surface area contributed by atoms with Gasteiger partial charge >= 0.3 is 0 Å². The van der Waals surface area contributed by atoms with Crippen molar-refractivity contribution in [1.82, 2.24) is 4.98 Å². The molecule has 122 valence electrons. The van der Waals surface area contributed by atoms with Crippen molar-refractivity contribution in [3.63, 3.8) is 0 Å². The van der Waals surface area contributed by atoms with E-state index in [0.717, 1.165) is 17.8 Å². The molecule has 0 bridgehead atoms.